The van der Waals surface area contributed by atoms with Gasteiger partial charge < -0.3 is 29.6 Å². The number of ether oxygens (including phenoxy) is 2. The van der Waals surface area contributed by atoms with Gasteiger partial charge in [0.15, 0.2) is 0 Å². The van der Waals surface area contributed by atoms with Gasteiger partial charge in [-0.15, -0.1) is 0 Å². The molecule has 2 unspecified atom stereocenters. The number of carbonyl (C=O) groups is 2. The first-order valence-electron chi connectivity index (χ1n) is 11.8. The monoisotopic (exact) mass is 488 g/mol. The molecule has 2 atom stereocenters. The van der Waals surface area contributed by atoms with E-state index in [-0.39, 0.29) is 29.0 Å². The topological polar surface area (TPSA) is 102 Å². The zero-order valence-electron chi connectivity index (χ0n) is 20.2. The number of nitrogens with one attached hydrogen (secondary N) is 2. The van der Waals surface area contributed by atoms with Crippen LogP contribution >= 0.6 is 0 Å². The Bertz CT molecular complexity index is 1350. The SMILES string of the molecule is COc1ccc(C(=O)N2CC3CC(C2)c2ccc(NC(=O)Nc4ccccc4OC)c(=O)n2C3)cc1. The molecule has 36 heavy (non-hydrogen) atoms. The third-order valence-electron chi connectivity index (χ3n) is 6.83. The molecule has 2 N–H and O–H groups in total. The molecule has 2 bridgehead atoms. The fraction of sp³-hybridized carbons (Fsp3) is 0.296. The van der Waals surface area contributed by atoms with E-state index in [0.29, 0.717) is 42.4 Å². The van der Waals surface area contributed by atoms with Gasteiger partial charge in [-0.05, 0) is 60.9 Å². The summed E-state index contributed by atoms with van der Waals surface area (Å²) in [6, 6.07) is 17.2. The minimum Gasteiger partial charge on any atom is -0.497 e. The van der Waals surface area contributed by atoms with Gasteiger partial charge >= 0.3 is 6.03 Å². The number of methoxy groups -OCH3 is 2. The van der Waals surface area contributed by atoms with Gasteiger partial charge in [0.2, 0.25) is 0 Å². The van der Waals surface area contributed by atoms with Gasteiger partial charge in [-0.3, -0.25) is 9.59 Å². The molecule has 2 aliphatic rings. The van der Waals surface area contributed by atoms with E-state index in [4.69, 9.17) is 9.47 Å². The van der Waals surface area contributed by atoms with Gasteiger partial charge in [0.1, 0.15) is 17.2 Å². The normalized spacial score (nSPS) is 18.1. The Morgan fingerprint density at radius 1 is 0.861 bits per heavy atom. The number of benzene rings is 2. The van der Waals surface area contributed by atoms with Crippen molar-refractivity contribution in [3.05, 3.63) is 82.3 Å². The number of para-hydroxylation sites is 2. The Morgan fingerprint density at radius 3 is 2.36 bits per heavy atom. The molecule has 3 amide bonds. The Labute approximate surface area is 208 Å². The highest BCUT2D eigenvalue weighted by atomic mass is 16.5. The summed E-state index contributed by atoms with van der Waals surface area (Å²) < 4.78 is 12.2. The molecule has 2 aliphatic heterocycles. The second kappa shape index (κ2) is 9.77. The lowest BCUT2D eigenvalue weighted by molar-refractivity contribution is 0.0594. The van der Waals surface area contributed by atoms with Crippen LogP contribution in [-0.4, -0.2) is 48.7 Å². The van der Waals surface area contributed by atoms with Crippen molar-refractivity contribution in [1.29, 1.82) is 0 Å². The van der Waals surface area contributed by atoms with Crippen LogP contribution in [0.25, 0.3) is 0 Å². The van der Waals surface area contributed by atoms with Crippen molar-refractivity contribution in [3.63, 3.8) is 0 Å². The lowest BCUT2D eigenvalue weighted by Gasteiger charge is -2.43. The molecule has 1 saturated heterocycles. The molecule has 3 aromatic rings. The molecule has 1 fully saturated rings. The van der Waals surface area contributed by atoms with Crippen molar-refractivity contribution in [2.24, 2.45) is 5.92 Å². The van der Waals surface area contributed by atoms with Crippen LogP contribution in [0, 0.1) is 5.92 Å². The van der Waals surface area contributed by atoms with Crippen LogP contribution in [0.3, 0.4) is 0 Å². The van der Waals surface area contributed by atoms with Crippen LogP contribution in [0.4, 0.5) is 16.2 Å². The molecule has 186 valence electrons. The predicted molar refractivity (Wildman–Crippen MR) is 136 cm³/mol. The summed E-state index contributed by atoms with van der Waals surface area (Å²) in [5.41, 5.74) is 1.98. The number of nitrogens with zero attached hydrogens (tertiary/aromatic N) is 2. The quantitative estimate of drug-likeness (QED) is 0.569. The van der Waals surface area contributed by atoms with E-state index in [1.54, 1.807) is 66.3 Å². The maximum Gasteiger partial charge on any atom is 0.323 e. The van der Waals surface area contributed by atoms with E-state index in [1.807, 2.05) is 11.0 Å². The van der Waals surface area contributed by atoms with Gasteiger partial charge in [0, 0.05) is 36.8 Å². The number of likely N-dealkylation sites (tertiary alicyclic amines) is 1. The number of urea groups is 1. The number of piperidine rings is 1. The molecule has 5 rings (SSSR count). The summed E-state index contributed by atoms with van der Waals surface area (Å²) in [5.74, 6) is 1.43. The van der Waals surface area contributed by atoms with Crippen LogP contribution in [0.5, 0.6) is 11.5 Å². The Balaban J connectivity index is 1.31. The van der Waals surface area contributed by atoms with Gasteiger partial charge in [-0.1, -0.05) is 12.1 Å². The molecule has 9 nitrogen and oxygen atoms in total. The number of pyridine rings is 1. The van der Waals surface area contributed by atoms with Crippen LogP contribution in [-0.2, 0) is 6.54 Å². The van der Waals surface area contributed by atoms with E-state index in [9.17, 15) is 14.4 Å². The average molecular weight is 489 g/mol. The number of amides is 3. The van der Waals surface area contributed by atoms with Crippen molar-refractivity contribution in [1.82, 2.24) is 9.47 Å². The van der Waals surface area contributed by atoms with Crippen molar-refractivity contribution >= 4 is 23.3 Å². The highest BCUT2D eigenvalue weighted by Gasteiger charge is 2.37. The summed E-state index contributed by atoms with van der Waals surface area (Å²) in [5, 5.41) is 5.39. The third-order valence-corrected chi connectivity index (χ3v) is 6.83. The number of hydrogen-bond donors (Lipinski definition) is 2. The molecule has 9 heteroatoms. The van der Waals surface area contributed by atoms with Gasteiger partial charge in [0.25, 0.3) is 11.5 Å². The lowest BCUT2D eigenvalue weighted by atomic mass is 9.83. The molecular weight excluding hydrogens is 460 g/mol. The summed E-state index contributed by atoms with van der Waals surface area (Å²) in [6.07, 6.45) is 0.924. The second-order valence-corrected chi connectivity index (χ2v) is 9.10. The van der Waals surface area contributed by atoms with Crippen LogP contribution in [0.15, 0.2) is 65.5 Å². The van der Waals surface area contributed by atoms with Gasteiger partial charge in [-0.2, -0.15) is 0 Å². The van der Waals surface area contributed by atoms with Crippen molar-refractivity contribution in [3.8, 4) is 11.5 Å². The number of hydrogen-bond acceptors (Lipinski definition) is 5. The highest BCUT2D eigenvalue weighted by Crippen LogP contribution is 2.36. The standard InChI is InChI=1S/C27H28N4O5/c1-35-20-9-7-18(8-10-20)25(32)30-14-17-13-19(16-30)23-12-11-22(26(33)31(23)15-17)29-27(34)28-21-5-3-4-6-24(21)36-2/h3-12,17,19H,13-16H2,1-2H3,(H2,28,29,34). The van der Waals surface area contributed by atoms with E-state index >= 15 is 0 Å². The van der Waals surface area contributed by atoms with E-state index in [0.717, 1.165) is 12.1 Å². The van der Waals surface area contributed by atoms with Gasteiger partial charge in [-0.25, -0.2) is 4.79 Å². The summed E-state index contributed by atoms with van der Waals surface area (Å²) in [6.45, 7) is 1.63. The number of aromatic nitrogens is 1. The molecule has 0 saturated carbocycles. The molecule has 3 heterocycles. The number of anilines is 2. The molecule has 1 aromatic heterocycles. The average Bonchev–Trinajstić information content (AvgIpc) is 2.90. The number of carbonyl (C=O) groups excluding carboxylic acids is 2. The molecule has 2 aromatic carbocycles. The van der Waals surface area contributed by atoms with Gasteiger partial charge in [0.05, 0.1) is 19.9 Å². The van der Waals surface area contributed by atoms with Crippen molar-refractivity contribution in [2.45, 2.75) is 18.9 Å². The summed E-state index contributed by atoms with van der Waals surface area (Å²) in [7, 11) is 3.12. The third kappa shape index (κ3) is 4.51. The van der Waals surface area contributed by atoms with Crippen molar-refractivity contribution < 1.29 is 19.1 Å². The predicted octanol–water partition coefficient (Wildman–Crippen LogP) is 3.77. The lowest BCUT2D eigenvalue weighted by Crippen LogP contribution is -2.49. The highest BCUT2D eigenvalue weighted by molar-refractivity contribution is 6.00. The smallest absolute Gasteiger partial charge is 0.323 e. The number of rotatable bonds is 5. The largest absolute Gasteiger partial charge is 0.497 e. The summed E-state index contributed by atoms with van der Waals surface area (Å²) in [4.78, 5) is 40.8. The minimum absolute atomic E-state index is 0.0190. The molecule has 0 radical (unpaired) electrons. The van der Waals surface area contributed by atoms with Crippen molar-refractivity contribution in [2.75, 3.05) is 37.9 Å². The minimum atomic E-state index is -0.524. The maximum atomic E-state index is 13.3. The first kappa shape index (κ1) is 23.5. The van der Waals surface area contributed by atoms with E-state index in [2.05, 4.69) is 10.6 Å². The Morgan fingerprint density at radius 2 is 1.61 bits per heavy atom. The summed E-state index contributed by atoms with van der Waals surface area (Å²) >= 11 is 0. The molecule has 0 aliphatic carbocycles. The van der Waals surface area contributed by atoms with Crippen LogP contribution < -0.4 is 25.7 Å². The molecular formula is C27H28N4O5. The zero-order chi connectivity index (χ0) is 25.2. The van der Waals surface area contributed by atoms with Crippen LogP contribution in [0.1, 0.15) is 28.4 Å². The number of fused-ring (bicyclic) bond motifs is 4. The van der Waals surface area contributed by atoms with Crippen LogP contribution in [0.2, 0.25) is 0 Å². The van der Waals surface area contributed by atoms with E-state index in [1.165, 1.54) is 7.11 Å². The maximum absolute atomic E-state index is 13.3. The Hall–Kier alpha value is -4.27. The first-order valence-corrected chi connectivity index (χ1v) is 11.8. The van der Waals surface area contributed by atoms with E-state index < -0.39 is 6.03 Å². The fourth-order valence-corrected chi connectivity index (χ4v) is 5.15. The first-order chi connectivity index (χ1) is 17.5. The second-order valence-electron chi connectivity index (χ2n) is 9.10. The zero-order valence-corrected chi connectivity index (χ0v) is 20.2. The fourth-order valence-electron chi connectivity index (χ4n) is 5.15. The molecule has 0 spiro atoms. The Kier molecular flexibility index (Phi) is 6.37.